The molecule has 1 aromatic heterocycles. The van der Waals surface area contributed by atoms with Gasteiger partial charge in [0, 0.05) is 30.4 Å². The number of halogens is 1. The standard InChI is InChI=1S/C18H21FN2O5/c1-4-25-16(23)18(21-11(3)22,17(24)26-5-2)9-12-10-20-15-7-6-13(19)8-14(12)15/h6-8,10,20H,4-5,9H2,1-3H3,(H,21,22). The fraction of sp³-hybridized carbons (Fsp3) is 0.389. The van der Waals surface area contributed by atoms with Crippen LogP contribution in [0.5, 0.6) is 0 Å². The Bertz CT molecular complexity index is 812. The second-order valence-corrected chi connectivity index (χ2v) is 5.71. The lowest BCUT2D eigenvalue weighted by Crippen LogP contribution is -2.62. The van der Waals surface area contributed by atoms with Gasteiger partial charge in [-0.25, -0.2) is 14.0 Å². The molecule has 0 aliphatic heterocycles. The van der Waals surface area contributed by atoms with E-state index in [4.69, 9.17) is 9.47 Å². The first-order chi connectivity index (χ1) is 12.3. The largest absolute Gasteiger partial charge is 0.464 e. The minimum Gasteiger partial charge on any atom is -0.464 e. The number of H-pyrrole nitrogens is 1. The smallest absolute Gasteiger partial charge is 0.344 e. The van der Waals surface area contributed by atoms with Crippen LogP contribution in [0.25, 0.3) is 10.9 Å². The number of hydrogen-bond acceptors (Lipinski definition) is 5. The lowest BCUT2D eigenvalue weighted by atomic mass is 9.90. The van der Waals surface area contributed by atoms with Crippen molar-refractivity contribution in [3.8, 4) is 0 Å². The van der Waals surface area contributed by atoms with Gasteiger partial charge in [-0.1, -0.05) is 0 Å². The summed E-state index contributed by atoms with van der Waals surface area (Å²) in [6, 6.07) is 4.12. The summed E-state index contributed by atoms with van der Waals surface area (Å²) >= 11 is 0. The van der Waals surface area contributed by atoms with Crippen LogP contribution in [0.2, 0.25) is 0 Å². The maximum atomic E-state index is 13.6. The molecule has 0 unspecified atom stereocenters. The van der Waals surface area contributed by atoms with Crippen molar-refractivity contribution in [1.29, 1.82) is 0 Å². The summed E-state index contributed by atoms with van der Waals surface area (Å²) < 4.78 is 23.7. The summed E-state index contributed by atoms with van der Waals surface area (Å²) in [5.74, 6) is -2.92. The quantitative estimate of drug-likeness (QED) is 0.577. The summed E-state index contributed by atoms with van der Waals surface area (Å²) in [7, 11) is 0. The SMILES string of the molecule is CCOC(=O)C(Cc1c[nH]c2ccc(F)cc12)(NC(C)=O)C(=O)OCC. The summed E-state index contributed by atoms with van der Waals surface area (Å²) in [5.41, 5.74) is -0.959. The molecule has 0 saturated carbocycles. The third-order valence-corrected chi connectivity index (χ3v) is 3.82. The van der Waals surface area contributed by atoms with Crippen LogP contribution in [0.4, 0.5) is 4.39 Å². The van der Waals surface area contributed by atoms with Crippen molar-refractivity contribution < 1.29 is 28.2 Å². The van der Waals surface area contributed by atoms with E-state index in [0.717, 1.165) is 0 Å². The second kappa shape index (κ2) is 7.99. The number of fused-ring (bicyclic) bond motifs is 1. The zero-order chi connectivity index (χ0) is 19.3. The first kappa shape index (κ1) is 19.4. The van der Waals surface area contributed by atoms with Crippen LogP contribution in [0.1, 0.15) is 26.3 Å². The molecule has 0 aliphatic carbocycles. The molecule has 0 spiro atoms. The predicted molar refractivity (Wildman–Crippen MR) is 91.8 cm³/mol. The van der Waals surface area contributed by atoms with Crippen LogP contribution in [0, 0.1) is 5.82 Å². The molecule has 1 aromatic carbocycles. The van der Waals surface area contributed by atoms with Crippen molar-refractivity contribution in [2.45, 2.75) is 32.7 Å². The van der Waals surface area contributed by atoms with E-state index >= 15 is 0 Å². The number of rotatable bonds is 7. The third-order valence-electron chi connectivity index (χ3n) is 3.82. The molecule has 0 bridgehead atoms. The normalized spacial score (nSPS) is 11.2. The molecule has 2 N–H and O–H groups in total. The van der Waals surface area contributed by atoms with Gasteiger partial charge in [0.25, 0.3) is 0 Å². The topological polar surface area (TPSA) is 97.5 Å². The van der Waals surface area contributed by atoms with Gasteiger partial charge in [-0.15, -0.1) is 0 Å². The van der Waals surface area contributed by atoms with Crippen molar-refractivity contribution in [3.63, 3.8) is 0 Å². The monoisotopic (exact) mass is 364 g/mol. The highest BCUT2D eigenvalue weighted by atomic mass is 19.1. The molecule has 0 aliphatic rings. The van der Waals surface area contributed by atoms with E-state index in [9.17, 15) is 18.8 Å². The van der Waals surface area contributed by atoms with Gasteiger partial charge in [0.15, 0.2) is 0 Å². The molecule has 2 aromatic rings. The van der Waals surface area contributed by atoms with Gasteiger partial charge in [-0.05, 0) is 37.6 Å². The van der Waals surface area contributed by atoms with E-state index in [1.807, 2.05) is 0 Å². The number of aromatic nitrogens is 1. The van der Waals surface area contributed by atoms with E-state index in [-0.39, 0.29) is 19.6 Å². The molecular formula is C18H21FN2O5. The van der Waals surface area contributed by atoms with Crippen LogP contribution in [-0.2, 0) is 30.3 Å². The molecule has 8 heteroatoms. The molecule has 0 atom stereocenters. The van der Waals surface area contributed by atoms with E-state index in [0.29, 0.717) is 16.5 Å². The number of benzene rings is 1. The van der Waals surface area contributed by atoms with Gasteiger partial charge in [-0.3, -0.25) is 4.79 Å². The van der Waals surface area contributed by atoms with Crippen molar-refractivity contribution in [3.05, 3.63) is 35.8 Å². The fourth-order valence-corrected chi connectivity index (χ4v) is 2.77. The van der Waals surface area contributed by atoms with Gasteiger partial charge in [0.05, 0.1) is 13.2 Å². The van der Waals surface area contributed by atoms with E-state index in [2.05, 4.69) is 10.3 Å². The van der Waals surface area contributed by atoms with Gasteiger partial charge >= 0.3 is 11.9 Å². The van der Waals surface area contributed by atoms with Crippen molar-refractivity contribution in [1.82, 2.24) is 10.3 Å². The Balaban J connectivity index is 2.56. The van der Waals surface area contributed by atoms with Gasteiger partial charge in [0.1, 0.15) is 5.82 Å². The number of carbonyl (C=O) groups excluding carboxylic acids is 3. The molecule has 2 rings (SSSR count). The molecule has 1 amide bonds. The summed E-state index contributed by atoms with van der Waals surface area (Å²) in [6.45, 7) is 4.39. The Morgan fingerprint density at radius 2 is 1.77 bits per heavy atom. The Labute approximate surface area is 149 Å². The molecule has 7 nitrogen and oxygen atoms in total. The van der Waals surface area contributed by atoms with Gasteiger partial charge in [0.2, 0.25) is 11.4 Å². The molecular weight excluding hydrogens is 343 g/mol. The average Bonchev–Trinajstić information content (AvgIpc) is 2.96. The Hall–Kier alpha value is -2.90. The lowest BCUT2D eigenvalue weighted by molar-refractivity contribution is -0.167. The van der Waals surface area contributed by atoms with Crippen LogP contribution in [0.15, 0.2) is 24.4 Å². The van der Waals surface area contributed by atoms with Gasteiger partial charge < -0.3 is 19.8 Å². The van der Waals surface area contributed by atoms with Crippen LogP contribution < -0.4 is 5.32 Å². The van der Waals surface area contributed by atoms with Gasteiger partial charge in [-0.2, -0.15) is 0 Å². The number of hydrogen-bond donors (Lipinski definition) is 2. The summed E-state index contributed by atoms with van der Waals surface area (Å²) in [6.07, 6.45) is 1.31. The number of amides is 1. The maximum absolute atomic E-state index is 13.6. The second-order valence-electron chi connectivity index (χ2n) is 5.71. The van der Waals surface area contributed by atoms with Crippen molar-refractivity contribution >= 4 is 28.7 Å². The molecule has 0 radical (unpaired) electrons. The lowest BCUT2D eigenvalue weighted by Gasteiger charge is -2.29. The van der Waals surface area contributed by atoms with Crippen molar-refractivity contribution in [2.75, 3.05) is 13.2 Å². The number of aromatic amines is 1. The third kappa shape index (κ3) is 3.84. The summed E-state index contributed by atoms with van der Waals surface area (Å²) in [4.78, 5) is 39.9. The van der Waals surface area contributed by atoms with Crippen LogP contribution >= 0.6 is 0 Å². The molecule has 140 valence electrons. The number of esters is 2. The first-order valence-electron chi connectivity index (χ1n) is 8.22. The van der Waals surface area contributed by atoms with E-state index < -0.39 is 29.2 Å². The summed E-state index contributed by atoms with van der Waals surface area (Å²) in [5, 5.41) is 2.88. The molecule has 0 saturated heterocycles. The Morgan fingerprint density at radius 1 is 1.15 bits per heavy atom. The van der Waals surface area contributed by atoms with Crippen LogP contribution in [0.3, 0.4) is 0 Å². The fourth-order valence-electron chi connectivity index (χ4n) is 2.77. The van der Waals surface area contributed by atoms with E-state index in [1.54, 1.807) is 26.1 Å². The first-order valence-corrected chi connectivity index (χ1v) is 8.22. The molecule has 26 heavy (non-hydrogen) atoms. The minimum absolute atomic E-state index is 0.0160. The predicted octanol–water partition coefficient (Wildman–Crippen LogP) is 1.85. The highest BCUT2D eigenvalue weighted by Crippen LogP contribution is 2.25. The number of carbonyl (C=O) groups is 3. The zero-order valence-corrected chi connectivity index (χ0v) is 14.8. The molecule has 1 heterocycles. The average molecular weight is 364 g/mol. The van der Waals surface area contributed by atoms with Crippen molar-refractivity contribution in [2.24, 2.45) is 0 Å². The highest BCUT2D eigenvalue weighted by Gasteiger charge is 2.50. The molecule has 0 fully saturated rings. The van der Waals surface area contributed by atoms with E-state index in [1.165, 1.54) is 19.1 Å². The Morgan fingerprint density at radius 3 is 2.31 bits per heavy atom. The minimum atomic E-state index is -2.06. The Kier molecular flexibility index (Phi) is 5.97. The van der Waals surface area contributed by atoms with Crippen LogP contribution in [-0.4, -0.2) is 41.6 Å². The number of nitrogens with one attached hydrogen (secondary N) is 2. The maximum Gasteiger partial charge on any atom is 0.344 e. The highest BCUT2D eigenvalue weighted by molar-refractivity contribution is 6.08. The number of ether oxygens (including phenoxy) is 2. The zero-order valence-electron chi connectivity index (χ0n) is 14.8.